The lowest BCUT2D eigenvalue weighted by Gasteiger charge is -2.18. The Kier molecular flexibility index (Phi) is 10.4. The second kappa shape index (κ2) is 10.3. The predicted octanol–water partition coefficient (Wildman–Crippen LogP) is 4.57. The molecule has 98 valence electrons. The monoisotopic (exact) mass is 250 g/mol. The third-order valence-electron chi connectivity index (χ3n) is 2.66. The van der Waals surface area contributed by atoms with Crippen molar-refractivity contribution < 1.29 is 13.6 Å². The Hall–Kier alpha value is 0.150. The Morgan fingerprint density at radius 3 is 1.50 bits per heavy atom. The standard InChI is InChI=1S/C12H27O3P/c1-5-9-11(7-3)14-16(13)15-12(8-4)10-6-2/h11-12,16H,5-10H2,1-4H3. The molecule has 0 N–H and O–H groups in total. The van der Waals surface area contributed by atoms with Crippen molar-refractivity contribution in [2.75, 3.05) is 0 Å². The molecule has 0 saturated carbocycles. The maximum atomic E-state index is 11.7. The van der Waals surface area contributed by atoms with E-state index in [0.717, 1.165) is 38.5 Å². The molecule has 0 rings (SSSR count). The molecular formula is C12H27O3P. The fourth-order valence-corrected chi connectivity index (χ4v) is 2.81. The van der Waals surface area contributed by atoms with Crippen LogP contribution in [-0.4, -0.2) is 12.2 Å². The van der Waals surface area contributed by atoms with E-state index in [1.165, 1.54) is 0 Å². The molecule has 0 fully saturated rings. The van der Waals surface area contributed by atoms with E-state index < -0.39 is 8.25 Å². The molecule has 0 bridgehead atoms. The topological polar surface area (TPSA) is 35.5 Å². The van der Waals surface area contributed by atoms with Gasteiger partial charge in [0, 0.05) is 0 Å². The minimum atomic E-state index is -2.31. The Balaban J connectivity index is 3.93. The average Bonchev–Trinajstić information content (AvgIpc) is 2.27. The van der Waals surface area contributed by atoms with Gasteiger partial charge in [0.05, 0.1) is 12.2 Å². The summed E-state index contributed by atoms with van der Waals surface area (Å²) in [4.78, 5) is 0. The Morgan fingerprint density at radius 1 is 0.875 bits per heavy atom. The molecule has 0 aliphatic carbocycles. The summed E-state index contributed by atoms with van der Waals surface area (Å²) in [5, 5.41) is 0. The summed E-state index contributed by atoms with van der Waals surface area (Å²) in [5.74, 6) is 0. The van der Waals surface area contributed by atoms with E-state index in [1.54, 1.807) is 0 Å². The van der Waals surface area contributed by atoms with Crippen LogP contribution >= 0.6 is 8.25 Å². The minimum Gasteiger partial charge on any atom is -0.307 e. The summed E-state index contributed by atoms with van der Waals surface area (Å²) in [6.07, 6.45) is 6.02. The van der Waals surface area contributed by atoms with Gasteiger partial charge in [0.25, 0.3) is 0 Å². The van der Waals surface area contributed by atoms with E-state index in [1.807, 2.05) is 0 Å². The highest BCUT2D eigenvalue weighted by atomic mass is 31.1. The number of hydrogen-bond acceptors (Lipinski definition) is 3. The van der Waals surface area contributed by atoms with E-state index in [0.29, 0.717) is 0 Å². The highest BCUT2D eigenvalue weighted by Gasteiger charge is 2.14. The zero-order valence-corrected chi connectivity index (χ0v) is 12.1. The molecule has 0 aliphatic rings. The van der Waals surface area contributed by atoms with Gasteiger partial charge in [0.1, 0.15) is 0 Å². The fraction of sp³-hybridized carbons (Fsp3) is 1.00. The van der Waals surface area contributed by atoms with Crippen LogP contribution in [0.5, 0.6) is 0 Å². The lowest BCUT2D eigenvalue weighted by atomic mass is 10.2. The van der Waals surface area contributed by atoms with Crippen LogP contribution in [0.15, 0.2) is 0 Å². The van der Waals surface area contributed by atoms with E-state index >= 15 is 0 Å². The molecule has 0 aromatic carbocycles. The van der Waals surface area contributed by atoms with Crippen molar-refractivity contribution >= 4 is 8.25 Å². The smallest absolute Gasteiger partial charge is 0.307 e. The number of hydrogen-bond donors (Lipinski definition) is 0. The first-order valence-corrected chi connectivity index (χ1v) is 7.77. The molecule has 2 unspecified atom stereocenters. The molecule has 0 aromatic rings. The molecule has 0 saturated heterocycles. The highest BCUT2D eigenvalue weighted by molar-refractivity contribution is 7.33. The summed E-state index contributed by atoms with van der Waals surface area (Å²) >= 11 is 0. The lowest BCUT2D eigenvalue weighted by Crippen LogP contribution is -2.11. The minimum absolute atomic E-state index is 0.0931. The lowest BCUT2D eigenvalue weighted by molar-refractivity contribution is 0.116. The molecule has 3 nitrogen and oxygen atoms in total. The van der Waals surface area contributed by atoms with E-state index in [-0.39, 0.29) is 12.2 Å². The molecule has 16 heavy (non-hydrogen) atoms. The Labute approximate surface area is 101 Å². The van der Waals surface area contributed by atoms with Crippen molar-refractivity contribution in [1.29, 1.82) is 0 Å². The normalized spacial score (nSPS) is 17.0. The molecule has 0 amide bonds. The van der Waals surface area contributed by atoms with Crippen molar-refractivity contribution in [3.63, 3.8) is 0 Å². The van der Waals surface area contributed by atoms with Crippen LogP contribution in [0.1, 0.15) is 66.2 Å². The zero-order chi connectivity index (χ0) is 12.4. The average molecular weight is 250 g/mol. The van der Waals surface area contributed by atoms with Crippen molar-refractivity contribution in [1.82, 2.24) is 0 Å². The third kappa shape index (κ3) is 7.43. The van der Waals surface area contributed by atoms with Crippen molar-refractivity contribution in [3.8, 4) is 0 Å². The van der Waals surface area contributed by atoms with Gasteiger partial charge in [-0.2, -0.15) is 0 Å². The molecule has 0 spiro atoms. The summed E-state index contributed by atoms with van der Waals surface area (Å²) in [6, 6.07) is 0. The van der Waals surface area contributed by atoms with Crippen molar-refractivity contribution in [2.45, 2.75) is 78.4 Å². The van der Waals surface area contributed by atoms with Crippen LogP contribution in [0.2, 0.25) is 0 Å². The second-order valence-corrected chi connectivity index (χ2v) is 5.09. The Bertz CT molecular complexity index is 167. The third-order valence-corrected chi connectivity index (χ3v) is 3.71. The van der Waals surface area contributed by atoms with Crippen LogP contribution in [0, 0.1) is 0 Å². The molecule has 0 heterocycles. The SMILES string of the molecule is CCCC(CC)O[PH](=O)OC(CC)CCC. The van der Waals surface area contributed by atoms with Crippen LogP contribution in [0.3, 0.4) is 0 Å². The van der Waals surface area contributed by atoms with Crippen LogP contribution in [0.4, 0.5) is 0 Å². The summed E-state index contributed by atoms with van der Waals surface area (Å²) in [7, 11) is -2.31. The first-order chi connectivity index (χ1) is 7.67. The van der Waals surface area contributed by atoms with Crippen LogP contribution < -0.4 is 0 Å². The van der Waals surface area contributed by atoms with Crippen LogP contribution in [-0.2, 0) is 13.6 Å². The Morgan fingerprint density at radius 2 is 1.25 bits per heavy atom. The highest BCUT2D eigenvalue weighted by Crippen LogP contribution is 2.32. The van der Waals surface area contributed by atoms with Gasteiger partial charge in [-0.1, -0.05) is 40.5 Å². The molecule has 0 aliphatic heterocycles. The van der Waals surface area contributed by atoms with Gasteiger partial charge in [0.15, 0.2) is 0 Å². The van der Waals surface area contributed by atoms with E-state index in [9.17, 15) is 4.57 Å². The summed E-state index contributed by atoms with van der Waals surface area (Å²) in [5.41, 5.74) is 0. The molecular weight excluding hydrogens is 223 g/mol. The van der Waals surface area contributed by atoms with Crippen LogP contribution in [0.25, 0.3) is 0 Å². The number of rotatable bonds is 10. The maximum Gasteiger partial charge on any atom is 0.319 e. The molecule has 0 aromatic heterocycles. The molecule has 0 radical (unpaired) electrons. The van der Waals surface area contributed by atoms with E-state index in [2.05, 4.69) is 27.7 Å². The van der Waals surface area contributed by atoms with E-state index in [4.69, 9.17) is 9.05 Å². The van der Waals surface area contributed by atoms with Gasteiger partial charge >= 0.3 is 8.25 Å². The first kappa shape index (κ1) is 16.1. The maximum absolute atomic E-state index is 11.7. The van der Waals surface area contributed by atoms with Gasteiger partial charge in [0.2, 0.25) is 0 Å². The quantitative estimate of drug-likeness (QED) is 0.533. The van der Waals surface area contributed by atoms with Gasteiger partial charge in [-0.25, -0.2) is 0 Å². The van der Waals surface area contributed by atoms with Crippen molar-refractivity contribution in [2.24, 2.45) is 0 Å². The van der Waals surface area contributed by atoms with Gasteiger partial charge in [-0.05, 0) is 25.7 Å². The summed E-state index contributed by atoms with van der Waals surface area (Å²) < 4.78 is 22.6. The fourth-order valence-electron chi connectivity index (χ4n) is 1.64. The second-order valence-electron chi connectivity index (χ2n) is 4.12. The zero-order valence-electron chi connectivity index (χ0n) is 11.1. The molecule has 2 atom stereocenters. The first-order valence-electron chi connectivity index (χ1n) is 6.55. The summed E-state index contributed by atoms with van der Waals surface area (Å²) in [6.45, 7) is 8.32. The molecule has 4 heteroatoms. The van der Waals surface area contributed by atoms with Gasteiger partial charge in [-0.15, -0.1) is 0 Å². The largest absolute Gasteiger partial charge is 0.319 e. The van der Waals surface area contributed by atoms with Gasteiger partial charge < -0.3 is 9.05 Å². The predicted molar refractivity (Wildman–Crippen MR) is 69.1 cm³/mol. The van der Waals surface area contributed by atoms with Crippen molar-refractivity contribution in [3.05, 3.63) is 0 Å². The van der Waals surface area contributed by atoms with Gasteiger partial charge in [-0.3, -0.25) is 4.57 Å².